The Balaban J connectivity index is 1.79. The zero-order valence-corrected chi connectivity index (χ0v) is 12.6. The van der Waals surface area contributed by atoms with Gasteiger partial charge in [-0.25, -0.2) is 0 Å². The van der Waals surface area contributed by atoms with Gasteiger partial charge in [-0.2, -0.15) is 0 Å². The largest absolute Gasteiger partial charge is 0.385 e. The summed E-state index contributed by atoms with van der Waals surface area (Å²) in [6.07, 6.45) is 2.36. The number of rotatable bonds is 4. The number of nitrogens with zero attached hydrogens (tertiary/aromatic N) is 1. The van der Waals surface area contributed by atoms with Crippen LogP contribution in [0.2, 0.25) is 0 Å². The van der Waals surface area contributed by atoms with Crippen LogP contribution in [0.5, 0.6) is 0 Å². The van der Waals surface area contributed by atoms with Crippen LogP contribution in [0.3, 0.4) is 0 Å². The third-order valence-electron chi connectivity index (χ3n) is 3.85. The molecule has 2 nitrogen and oxygen atoms in total. The van der Waals surface area contributed by atoms with E-state index in [2.05, 4.69) is 23.2 Å². The summed E-state index contributed by atoms with van der Waals surface area (Å²) in [5, 5.41) is 10.7. The first-order valence-electron chi connectivity index (χ1n) is 7.43. The summed E-state index contributed by atoms with van der Waals surface area (Å²) in [5.74, 6) is 0. The Morgan fingerprint density at radius 3 is 2.05 bits per heavy atom. The summed E-state index contributed by atoms with van der Waals surface area (Å²) in [7, 11) is 0. The maximum absolute atomic E-state index is 10.7. The van der Waals surface area contributed by atoms with Gasteiger partial charge in [0.05, 0.1) is 5.60 Å². The Morgan fingerprint density at radius 2 is 1.45 bits per heavy atom. The van der Waals surface area contributed by atoms with E-state index in [1.54, 1.807) is 0 Å². The molecule has 110 valence electrons. The van der Waals surface area contributed by atoms with Gasteiger partial charge in [0.2, 0.25) is 0 Å². The highest BCUT2D eigenvalue weighted by Gasteiger charge is 2.23. The van der Waals surface area contributed by atoms with Crippen molar-refractivity contribution in [3.8, 4) is 11.1 Å². The molecule has 0 fully saturated rings. The minimum absolute atomic E-state index is 0.492. The Kier molecular flexibility index (Phi) is 4.03. The SMILES string of the molecule is CC(O)(Cc1ccc(-c2ccccc2)cn1)c1ccccc1. The molecular weight excluding hydrogens is 270 g/mol. The predicted molar refractivity (Wildman–Crippen MR) is 89.4 cm³/mol. The van der Waals surface area contributed by atoms with Gasteiger partial charge in [0.1, 0.15) is 0 Å². The molecule has 22 heavy (non-hydrogen) atoms. The lowest BCUT2D eigenvalue weighted by molar-refractivity contribution is 0.0566. The quantitative estimate of drug-likeness (QED) is 0.781. The summed E-state index contributed by atoms with van der Waals surface area (Å²) in [6, 6.07) is 23.9. The van der Waals surface area contributed by atoms with Gasteiger partial charge >= 0.3 is 0 Å². The molecule has 1 aromatic heterocycles. The summed E-state index contributed by atoms with van der Waals surface area (Å²) < 4.78 is 0. The highest BCUT2D eigenvalue weighted by molar-refractivity contribution is 5.62. The highest BCUT2D eigenvalue weighted by atomic mass is 16.3. The van der Waals surface area contributed by atoms with E-state index in [1.807, 2.05) is 67.7 Å². The van der Waals surface area contributed by atoms with Crippen LogP contribution in [0.4, 0.5) is 0 Å². The number of hydrogen-bond donors (Lipinski definition) is 1. The third-order valence-corrected chi connectivity index (χ3v) is 3.85. The summed E-state index contributed by atoms with van der Waals surface area (Å²) >= 11 is 0. The van der Waals surface area contributed by atoms with E-state index in [9.17, 15) is 5.11 Å². The van der Waals surface area contributed by atoms with Crippen molar-refractivity contribution in [2.24, 2.45) is 0 Å². The van der Waals surface area contributed by atoms with Crippen LogP contribution >= 0.6 is 0 Å². The molecule has 0 saturated carbocycles. The van der Waals surface area contributed by atoms with Crippen molar-refractivity contribution < 1.29 is 5.11 Å². The molecule has 0 amide bonds. The summed E-state index contributed by atoms with van der Waals surface area (Å²) in [4.78, 5) is 4.51. The van der Waals surface area contributed by atoms with Gasteiger partial charge in [0.15, 0.2) is 0 Å². The van der Waals surface area contributed by atoms with Gasteiger partial charge in [0.25, 0.3) is 0 Å². The monoisotopic (exact) mass is 289 g/mol. The molecule has 0 spiro atoms. The number of benzene rings is 2. The van der Waals surface area contributed by atoms with Crippen LogP contribution in [0.1, 0.15) is 18.2 Å². The van der Waals surface area contributed by atoms with E-state index >= 15 is 0 Å². The van der Waals surface area contributed by atoms with Crippen LogP contribution < -0.4 is 0 Å². The molecule has 0 radical (unpaired) electrons. The van der Waals surface area contributed by atoms with E-state index in [0.717, 1.165) is 22.4 Å². The van der Waals surface area contributed by atoms with E-state index in [0.29, 0.717) is 6.42 Å². The normalized spacial score (nSPS) is 13.5. The first-order valence-corrected chi connectivity index (χ1v) is 7.43. The van der Waals surface area contributed by atoms with Gasteiger partial charge in [-0.05, 0) is 24.1 Å². The molecule has 0 aliphatic heterocycles. The van der Waals surface area contributed by atoms with Crippen molar-refractivity contribution in [1.82, 2.24) is 4.98 Å². The zero-order valence-electron chi connectivity index (χ0n) is 12.6. The molecule has 1 N–H and O–H groups in total. The molecule has 3 rings (SSSR count). The van der Waals surface area contributed by atoms with Crippen molar-refractivity contribution in [2.75, 3.05) is 0 Å². The van der Waals surface area contributed by atoms with Crippen molar-refractivity contribution in [3.05, 3.63) is 90.3 Å². The number of aromatic nitrogens is 1. The maximum atomic E-state index is 10.7. The molecule has 1 unspecified atom stereocenters. The average Bonchev–Trinajstić information content (AvgIpc) is 2.57. The molecule has 0 aliphatic rings. The van der Waals surface area contributed by atoms with Gasteiger partial charge in [0, 0.05) is 23.9 Å². The second-order valence-electron chi connectivity index (χ2n) is 5.72. The molecule has 0 bridgehead atoms. The van der Waals surface area contributed by atoms with Crippen LogP contribution in [-0.4, -0.2) is 10.1 Å². The fourth-order valence-electron chi connectivity index (χ4n) is 2.58. The molecule has 2 heteroatoms. The maximum Gasteiger partial charge on any atom is 0.0923 e. The van der Waals surface area contributed by atoms with Crippen LogP contribution in [-0.2, 0) is 12.0 Å². The number of hydrogen-bond acceptors (Lipinski definition) is 2. The smallest absolute Gasteiger partial charge is 0.0923 e. The Labute approximate surface area is 131 Å². The van der Waals surface area contributed by atoms with Gasteiger partial charge in [-0.3, -0.25) is 4.98 Å². The predicted octanol–water partition coefficient (Wildman–Crippen LogP) is 4.20. The van der Waals surface area contributed by atoms with Crippen molar-refractivity contribution in [2.45, 2.75) is 18.9 Å². The molecule has 0 aliphatic carbocycles. The van der Waals surface area contributed by atoms with Crippen molar-refractivity contribution in [3.63, 3.8) is 0 Å². The fraction of sp³-hybridized carbons (Fsp3) is 0.150. The van der Waals surface area contributed by atoms with E-state index < -0.39 is 5.60 Å². The Hall–Kier alpha value is -2.45. The van der Waals surface area contributed by atoms with Gasteiger partial charge in [-0.15, -0.1) is 0 Å². The standard InChI is InChI=1S/C20H19NO/c1-20(22,18-10-6-3-7-11-18)14-19-13-12-17(15-21-19)16-8-4-2-5-9-16/h2-13,15,22H,14H2,1H3. The van der Waals surface area contributed by atoms with E-state index in [4.69, 9.17) is 0 Å². The van der Waals surface area contributed by atoms with Crippen molar-refractivity contribution in [1.29, 1.82) is 0 Å². The first kappa shape index (κ1) is 14.5. The van der Waals surface area contributed by atoms with Crippen LogP contribution in [0.15, 0.2) is 79.0 Å². The molecule has 2 aromatic carbocycles. The molecule has 0 saturated heterocycles. The summed E-state index contributed by atoms with van der Waals surface area (Å²) in [6.45, 7) is 1.83. The van der Waals surface area contributed by atoms with Crippen molar-refractivity contribution >= 4 is 0 Å². The molecular formula is C20H19NO. The lowest BCUT2D eigenvalue weighted by Gasteiger charge is -2.23. The molecule has 3 aromatic rings. The lowest BCUT2D eigenvalue weighted by atomic mass is 9.91. The van der Waals surface area contributed by atoms with Crippen LogP contribution in [0.25, 0.3) is 11.1 Å². The van der Waals surface area contributed by atoms with E-state index in [1.165, 1.54) is 0 Å². The molecule has 1 heterocycles. The zero-order chi connectivity index (χ0) is 15.4. The topological polar surface area (TPSA) is 33.1 Å². The Bertz CT molecular complexity index is 719. The highest BCUT2D eigenvalue weighted by Crippen LogP contribution is 2.25. The van der Waals surface area contributed by atoms with E-state index in [-0.39, 0.29) is 0 Å². The number of aliphatic hydroxyl groups is 1. The first-order chi connectivity index (χ1) is 10.6. The van der Waals surface area contributed by atoms with Gasteiger partial charge < -0.3 is 5.11 Å². The summed E-state index contributed by atoms with van der Waals surface area (Å²) in [5.41, 5.74) is 3.11. The minimum Gasteiger partial charge on any atom is -0.385 e. The Morgan fingerprint density at radius 1 is 0.818 bits per heavy atom. The second-order valence-corrected chi connectivity index (χ2v) is 5.72. The number of pyridine rings is 1. The average molecular weight is 289 g/mol. The lowest BCUT2D eigenvalue weighted by Crippen LogP contribution is -2.24. The second kappa shape index (κ2) is 6.12. The van der Waals surface area contributed by atoms with Crippen LogP contribution in [0, 0.1) is 0 Å². The molecule has 1 atom stereocenters. The minimum atomic E-state index is -0.914. The third kappa shape index (κ3) is 3.23. The van der Waals surface area contributed by atoms with Gasteiger partial charge in [-0.1, -0.05) is 66.7 Å². The fourth-order valence-corrected chi connectivity index (χ4v) is 2.58.